The van der Waals surface area contributed by atoms with Crippen LogP contribution in [0.2, 0.25) is 0 Å². The molecule has 0 amide bonds. The molecule has 3 heteroatoms. The maximum atomic E-state index is 12.8. The van der Waals surface area contributed by atoms with Crippen molar-refractivity contribution in [2.45, 2.75) is 33.6 Å². The van der Waals surface area contributed by atoms with Crippen LogP contribution in [0.15, 0.2) is 71.5 Å². The molecule has 140 valence electrons. The number of esters is 1. The van der Waals surface area contributed by atoms with E-state index in [2.05, 4.69) is 19.1 Å². The van der Waals surface area contributed by atoms with Gasteiger partial charge in [-0.25, -0.2) is 0 Å². The first-order valence-corrected chi connectivity index (χ1v) is 9.39. The first-order chi connectivity index (χ1) is 13.0. The number of aryl methyl sites for hydroxylation is 1. The summed E-state index contributed by atoms with van der Waals surface area (Å²) in [5, 5.41) is 0. The molecule has 0 saturated heterocycles. The second kappa shape index (κ2) is 8.72. The molecule has 1 heterocycles. The van der Waals surface area contributed by atoms with Gasteiger partial charge in [-0.2, -0.15) is 0 Å². The van der Waals surface area contributed by atoms with Crippen molar-refractivity contribution in [1.29, 1.82) is 0 Å². The van der Waals surface area contributed by atoms with Crippen molar-refractivity contribution in [3.63, 3.8) is 0 Å². The fourth-order valence-corrected chi connectivity index (χ4v) is 3.16. The van der Waals surface area contributed by atoms with E-state index in [1.54, 1.807) is 12.5 Å². The predicted molar refractivity (Wildman–Crippen MR) is 107 cm³/mol. The summed E-state index contributed by atoms with van der Waals surface area (Å²) in [4.78, 5) is 12.8. The van der Waals surface area contributed by atoms with Gasteiger partial charge in [0.15, 0.2) is 0 Å². The number of benzene rings is 2. The van der Waals surface area contributed by atoms with Gasteiger partial charge in [-0.05, 0) is 66.1 Å². The topological polar surface area (TPSA) is 39.4 Å². The quantitative estimate of drug-likeness (QED) is 0.406. The van der Waals surface area contributed by atoms with Gasteiger partial charge in [-0.1, -0.05) is 50.2 Å². The predicted octanol–water partition coefficient (Wildman–Crippen LogP) is 5.60. The maximum absolute atomic E-state index is 12.8. The van der Waals surface area contributed by atoms with E-state index in [0.717, 1.165) is 12.0 Å². The molecule has 1 atom stereocenters. The summed E-state index contributed by atoms with van der Waals surface area (Å²) < 4.78 is 10.9. The normalized spacial score (nSPS) is 12.1. The number of furan rings is 1. The minimum absolute atomic E-state index is 0.182. The average molecular weight is 362 g/mol. The van der Waals surface area contributed by atoms with Gasteiger partial charge in [-0.15, -0.1) is 0 Å². The van der Waals surface area contributed by atoms with Gasteiger partial charge in [0.05, 0.1) is 18.4 Å². The van der Waals surface area contributed by atoms with Gasteiger partial charge < -0.3 is 9.15 Å². The molecule has 0 radical (unpaired) electrons. The Morgan fingerprint density at radius 1 is 1.04 bits per heavy atom. The summed E-state index contributed by atoms with van der Waals surface area (Å²) in [7, 11) is 0. The fraction of sp³-hybridized carbons (Fsp3) is 0.292. The standard InChI is InChI=1S/C24H26O3/c1-17(2)23(14-20-11-12-26-16-20)24(25)27-22-10-9-18(3)21(15-22)13-19-7-5-4-6-8-19/h4-12,15-17,23H,13-14H2,1-3H3. The van der Waals surface area contributed by atoms with Crippen molar-refractivity contribution in [1.82, 2.24) is 0 Å². The first kappa shape index (κ1) is 19.0. The molecule has 1 aromatic heterocycles. The van der Waals surface area contributed by atoms with Crippen LogP contribution in [0.1, 0.15) is 36.1 Å². The Hall–Kier alpha value is -2.81. The molecule has 0 N–H and O–H groups in total. The molecule has 27 heavy (non-hydrogen) atoms. The molecule has 1 unspecified atom stereocenters. The molecule has 0 fully saturated rings. The van der Waals surface area contributed by atoms with Crippen molar-refractivity contribution in [2.75, 3.05) is 0 Å². The van der Waals surface area contributed by atoms with Crippen LogP contribution in [0.3, 0.4) is 0 Å². The second-order valence-corrected chi connectivity index (χ2v) is 7.36. The summed E-state index contributed by atoms with van der Waals surface area (Å²) in [6.07, 6.45) is 4.76. The van der Waals surface area contributed by atoms with Gasteiger partial charge in [0.2, 0.25) is 0 Å². The lowest BCUT2D eigenvalue weighted by Gasteiger charge is -2.19. The molecule has 0 aliphatic carbocycles. The molecule has 0 bridgehead atoms. The van der Waals surface area contributed by atoms with Crippen molar-refractivity contribution < 1.29 is 13.9 Å². The van der Waals surface area contributed by atoms with Gasteiger partial charge in [0.25, 0.3) is 0 Å². The highest BCUT2D eigenvalue weighted by Gasteiger charge is 2.25. The van der Waals surface area contributed by atoms with Crippen LogP contribution in [-0.2, 0) is 17.6 Å². The van der Waals surface area contributed by atoms with Crippen molar-refractivity contribution in [2.24, 2.45) is 11.8 Å². The highest BCUT2D eigenvalue weighted by Crippen LogP contribution is 2.24. The van der Waals surface area contributed by atoms with Gasteiger partial charge in [-0.3, -0.25) is 4.79 Å². The number of carbonyl (C=O) groups excluding carboxylic acids is 1. The zero-order valence-corrected chi connectivity index (χ0v) is 16.1. The van der Waals surface area contributed by atoms with E-state index in [-0.39, 0.29) is 17.8 Å². The van der Waals surface area contributed by atoms with Crippen LogP contribution in [0.4, 0.5) is 0 Å². The summed E-state index contributed by atoms with van der Waals surface area (Å²) in [6.45, 7) is 6.17. The molecule has 0 aliphatic heterocycles. The molecular formula is C24H26O3. The zero-order valence-electron chi connectivity index (χ0n) is 16.1. The highest BCUT2D eigenvalue weighted by molar-refractivity contribution is 5.75. The van der Waals surface area contributed by atoms with E-state index < -0.39 is 0 Å². The van der Waals surface area contributed by atoms with Crippen LogP contribution in [-0.4, -0.2) is 5.97 Å². The largest absolute Gasteiger partial charge is 0.472 e. The Morgan fingerprint density at radius 3 is 2.48 bits per heavy atom. The SMILES string of the molecule is Cc1ccc(OC(=O)C(Cc2ccoc2)C(C)C)cc1Cc1ccccc1. The number of rotatable bonds is 7. The Kier molecular flexibility index (Phi) is 6.12. The molecule has 3 aromatic rings. The molecule has 0 saturated carbocycles. The summed E-state index contributed by atoms with van der Waals surface area (Å²) >= 11 is 0. The van der Waals surface area contributed by atoms with E-state index in [0.29, 0.717) is 12.2 Å². The lowest BCUT2D eigenvalue weighted by atomic mass is 9.90. The van der Waals surface area contributed by atoms with E-state index in [9.17, 15) is 4.79 Å². The number of hydrogen-bond donors (Lipinski definition) is 0. The maximum Gasteiger partial charge on any atom is 0.314 e. The van der Waals surface area contributed by atoms with Crippen LogP contribution in [0.25, 0.3) is 0 Å². The van der Waals surface area contributed by atoms with E-state index in [1.165, 1.54) is 16.7 Å². The van der Waals surface area contributed by atoms with Crippen LogP contribution in [0, 0.1) is 18.8 Å². The van der Waals surface area contributed by atoms with Crippen molar-refractivity contribution >= 4 is 5.97 Å². The van der Waals surface area contributed by atoms with Crippen LogP contribution >= 0.6 is 0 Å². The van der Waals surface area contributed by atoms with Crippen molar-refractivity contribution in [3.05, 3.63) is 89.4 Å². The first-order valence-electron chi connectivity index (χ1n) is 9.39. The van der Waals surface area contributed by atoms with Crippen LogP contribution in [0.5, 0.6) is 5.75 Å². The Balaban J connectivity index is 1.73. The van der Waals surface area contributed by atoms with E-state index in [4.69, 9.17) is 9.15 Å². The molecule has 0 aliphatic rings. The summed E-state index contributed by atoms with van der Waals surface area (Å²) in [5.41, 5.74) is 4.61. The molecule has 3 rings (SSSR count). The monoisotopic (exact) mass is 362 g/mol. The van der Waals surface area contributed by atoms with Gasteiger partial charge in [0, 0.05) is 0 Å². The molecule has 0 spiro atoms. The molecule has 3 nitrogen and oxygen atoms in total. The van der Waals surface area contributed by atoms with Crippen molar-refractivity contribution in [3.8, 4) is 5.75 Å². The van der Waals surface area contributed by atoms with Gasteiger partial charge >= 0.3 is 5.97 Å². The zero-order chi connectivity index (χ0) is 19.2. The Bertz CT molecular complexity index is 864. The average Bonchev–Trinajstić information content (AvgIpc) is 3.16. The lowest BCUT2D eigenvalue weighted by Crippen LogP contribution is -2.27. The minimum Gasteiger partial charge on any atom is -0.472 e. The minimum atomic E-state index is -0.207. The summed E-state index contributed by atoms with van der Waals surface area (Å²) in [5.74, 6) is 0.387. The van der Waals surface area contributed by atoms with E-state index in [1.807, 2.05) is 56.3 Å². The number of ether oxygens (including phenoxy) is 1. The third kappa shape index (κ3) is 5.10. The lowest BCUT2D eigenvalue weighted by molar-refractivity contribution is -0.140. The number of hydrogen-bond acceptors (Lipinski definition) is 3. The Labute approximate surface area is 161 Å². The second-order valence-electron chi connectivity index (χ2n) is 7.36. The summed E-state index contributed by atoms with van der Waals surface area (Å²) in [6, 6.07) is 18.1. The highest BCUT2D eigenvalue weighted by atomic mass is 16.5. The molecule has 2 aromatic carbocycles. The third-order valence-corrected chi connectivity index (χ3v) is 4.92. The van der Waals surface area contributed by atoms with E-state index >= 15 is 0 Å². The smallest absolute Gasteiger partial charge is 0.314 e. The third-order valence-electron chi connectivity index (χ3n) is 4.92. The number of carbonyl (C=O) groups is 1. The van der Waals surface area contributed by atoms with Crippen LogP contribution < -0.4 is 4.74 Å². The molecular weight excluding hydrogens is 336 g/mol. The van der Waals surface area contributed by atoms with Gasteiger partial charge in [0.1, 0.15) is 5.75 Å². The Morgan fingerprint density at radius 2 is 1.81 bits per heavy atom. The fourth-order valence-electron chi connectivity index (χ4n) is 3.16.